The molecule has 0 aromatic rings. The van der Waals surface area contributed by atoms with Crippen LogP contribution in [0, 0.1) is 5.92 Å². The van der Waals surface area contributed by atoms with Crippen molar-refractivity contribution in [2.24, 2.45) is 17.4 Å². The Morgan fingerprint density at radius 1 is 0.897 bits per heavy atom. The van der Waals surface area contributed by atoms with E-state index in [1.165, 1.54) is 13.8 Å². The third-order valence-corrected chi connectivity index (χ3v) is 4.13. The van der Waals surface area contributed by atoms with E-state index in [1.807, 2.05) is 0 Å². The Morgan fingerprint density at radius 2 is 1.45 bits per heavy atom. The summed E-state index contributed by atoms with van der Waals surface area (Å²) in [5.74, 6) is -4.61. The van der Waals surface area contributed by atoms with Crippen LogP contribution in [0.25, 0.3) is 0 Å². The second-order valence-corrected chi connectivity index (χ2v) is 7.13. The second kappa shape index (κ2) is 12.0. The highest BCUT2D eigenvalue weighted by molar-refractivity contribution is 5.94. The quantitative estimate of drug-likeness (QED) is 0.175. The molecule has 166 valence electrons. The zero-order chi connectivity index (χ0) is 22.9. The van der Waals surface area contributed by atoms with Crippen LogP contribution in [0.5, 0.6) is 0 Å². The Labute approximate surface area is 168 Å². The molecule has 0 bridgehead atoms. The molecule has 12 heteroatoms. The molecule has 4 amide bonds. The molecule has 9 N–H and O–H groups in total. The molecule has 0 saturated heterocycles. The number of carbonyl (C=O) groups is 5. The summed E-state index contributed by atoms with van der Waals surface area (Å²) in [5, 5.41) is 25.8. The van der Waals surface area contributed by atoms with Crippen molar-refractivity contribution in [3.63, 3.8) is 0 Å². The zero-order valence-electron chi connectivity index (χ0n) is 17.0. The first kappa shape index (κ1) is 26.3. The van der Waals surface area contributed by atoms with Crippen molar-refractivity contribution in [2.75, 3.05) is 0 Å². The largest absolute Gasteiger partial charge is 0.480 e. The molecule has 0 spiro atoms. The topological polar surface area (TPSA) is 214 Å². The molecule has 0 aliphatic heterocycles. The molecule has 0 rings (SSSR count). The number of amides is 4. The van der Waals surface area contributed by atoms with Gasteiger partial charge in [0.2, 0.25) is 23.6 Å². The van der Waals surface area contributed by atoms with Crippen molar-refractivity contribution < 1.29 is 34.2 Å². The summed E-state index contributed by atoms with van der Waals surface area (Å²) in [6.45, 7) is 6.06. The van der Waals surface area contributed by atoms with Gasteiger partial charge in [0, 0.05) is 6.42 Å². The maximum Gasteiger partial charge on any atom is 0.326 e. The number of aliphatic hydroxyl groups excluding tert-OH is 1. The first-order valence-electron chi connectivity index (χ1n) is 9.13. The number of hydrogen-bond donors (Lipinski definition) is 7. The number of aliphatic carboxylic acids is 1. The molecule has 0 fully saturated rings. The van der Waals surface area contributed by atoms with E-state index in [1.54, 1.807) is 13.8 Å². The van der Waals surface area contributed by atoms with E-state index in [-0.39, 0.29) is 18.8 Å². The number of nitrogens with one attached hydrogen (secondary N) is 3. The number of rotatable bonds is 12. The Morgan fingerprint density at radius 3 is 1.86 bits per heavy atom. The lowest BCUT2D eigenvalue weighted by Gasteiger charge is -2.25. The summed E-state index contributed by atoms with van der Waals surface area (Å²) in [6, 6.07) is -4.82. The van der Waals surface area contributed by atoms with Gasteiger partial charge in [-0.2, -0.15) is 0 Å². The molecule has 0 aliphatic rings. The molecular weight excluding hydrogens is 386 g/mol. The lowest BCUT2D eigenvalue weighted by Crippen LogP contribution is -2.59. The van der Waals surface area contributed by atoms with Gasteiger partial charge in [-0.1, -0.05) is 13.8 Å². The number of carboxylic acids is 1. The second-order valence-electron chi connectivity index (χ2n) is 7.13. The van der Waals surface area contributed by atoms with Crippen LogP contribution in [-0.4, -0.2) is 70.1 Å². The molecule has 0 aliphatic carbocycles. The highest BCUT2D eigenvalue weighted by Crippen LogP contribution is 2.02. The Kier molecular flexibility index (Phi) is 10.8. The van der Waals surface area contributed by atoms with Gasteiger partial charge in [0.25, 0.3) is 0 Å². The molecule has 0 aromatic heterocycles. The van der Waals surface area contributed by atoms with Gasteiger partial charge in [-0.05, 0) is 26.2 Å². The number of primary amides is 1. The molecule has 5 unspecified atom stereocenters. The SMILES string of the molecule is CC(NC(=O)C(N)C(C)C)C(=O)NC(C(=O)NC(CCC(N)=O)C(=O)O)C(C)O. The maximum absolute atomic E-state index is 12.3. The Bertz CT molecular complexity index is 623. The molecule has 12 nitrogen and oxygen atoms in total. The minimum absolute atomic E-state index is 0.158. The van der Waals surface area contributed by atoms with Crippen LogP contribution in [0.15, 0.2) is 0 Å². The Hall–Kier alpha value is -2.73. The monoisotopic (exact) mass is 417 g/mol. The van der Waals surface area contributed by atoms with Gasteiger partial charge in [-0.15, -0.1) is 0 Å². The van der Waals surface area contributed by atoms with Crippen molar-refractivity contribution in [1.82, 2.24) is 16.0 Å². The van der Waals surface area contributed by atoms with E-state index in [4.69, 9.17) is 16.6 Å². The van der Waals surface area contributed by atoms with Crippen LogP contribution in [0.3, 0.4) is 0 Å². The van der Waals surface area contributed by atoms with Crippen LogP contribution < -0.4 is 27.4 Å². The lowest BCUT2D eigenvalue weighted by molar-refractivity contribution is -0.143. The lowest BCUT2D eigenvalue weighted by atomic mass is 10.0. The van der Waals surface area contributed by atoms with Crippen molar-refractivity contribution in [3.8, 4) is 0 Å². The number of carboxylic acid groups (broad SMARTS) is 1. The Balaban J connectivity index is 5.05. The van der Waals surface area contributed by atoms with Crippen molar-refractivity contribution in [3.05, 3.63) is 0 Å². The molecule has 0 heterocycles. The van der Waals surface area contributed by atoms with Gasteiger partial charge < -0.3 is 37.6 Å². The van der Waals surface area contributed by atoms with Gasteiger partial charge in [0.05, 0.1) is 12.1 Å². The van der Waals surface area contributed by atoms with Crippen LogP contribution in [0.2, 0.25) is 0 Å². The van der Waals surface area contributed by atoms with Crippen LogP contribution in [0.1, 0.15) is 40.5 Å². The van der Waals surface area contributed by atoms with Gasteiger partial charge in [0.1, 0.15) is 18.1 Å². The fraction of sp³-hybridized carbons (Fsp3) is 0.706. The highest BCUT2D eigenvalue weighted by atomic mass is 16.4. The number of carbonyl (C=O) groups excluding carboxylic acids is 4. The van der Waals surface area contributed by atoms with E-state index < -0.39 is 59.9 Å². The van der Waals surface area contributed by atoms with Gasteiger partial charge >= 0.3 is 5.97 Å². The first-order chi connectivity index (χ1) is 13.3. The predicted molar refractivity (Wildman–Crippen MR) is 102 cm³/mol. The standard InChI is InChI=1S/C17H31N5O7/c1-7(2)12(19)15(26)20-8(3)14(25)22-13(9(4)23)16(27)21-10(17(28)29)5-6-11(18)24/h7-10,12-13,23H,5-6,19H2,1-4H3,(H2,18,24)(H,20,26)(H,21,27)(H,22,25)(H,28,29). The number of aliphatic hydroxyl groups is 1. The number of nitrogens with two attached hydrogens (primary N) is 2. The fourth-order valence-electron chi connectivity index (χ4n) is 2.17. The summed E-state index contributed by atoms with van der Waals surface area (Å²) in [7, 11) is 0. The summed E-state index contributed by atoms with van der Waals surface area (Å²) in [4.78, 5) is 58.7. The van der Waals surface area contributed by atoms with Crippen molar-refractivity contribution in [1.29, 1.82) is 0 Å². The maximum atomic E-state index is 12.3. The van der Waals surface area contributed by atoms with Crippen LogP contribution >= 0.6 is 0 Å². The fourth-order valence-corrected chi connectivity index (χ4v) is 2.17. The van der Waals surface area contributed by atoms with Gasteiger partial charge in [0.15, 0.2) is 0 Å². The van der Waals surface area contributed by atoms with E-state index in [2.05, 4.69) is 16.0 Å². The summed E-state index contributed by atoms with van der Waals surface area (Å²) >= 11 is 0. The minimum atomic E-state index is -1.49. The van der Waals surface area contributed by atoms with E-state index in [9.17, 15) is 29.1 Å². The van der Waals surface area contributed by atoms with Gasteiger partial charge in [-0.25, -0.2) is 4.79 Å². The summed E-state index contributed by atoms with van der Waals surface area (Å²) < 4.78 is 0. The molecule has 5 atom stereocenters. The summed E-state index contributed by atoms with van der Waals surface area (Å²) in [5.41, 5.74) is 10.7. The number of hydrogen-bond acceptors (Lipinski definition) is 7. The van der Waals surface area contributed by atoms with Gasteiger partial charge in [-0.3, -0.25) is 19.2 Å². The van der Waals surface area contributed by atoms with E-state index in [0.717, 1.165) is 0 Å². The average molecular weight is 417 g/mol. The molecule has 0 aromatic carbocycles. The molecule has 29 heavy (non-hydrogen) atoms. The smallest absolute Gasteiger partial charge is 0.326 e. The molecular formula is C17H31N5O7. The molecule has 0 radical (unpaired) electrons. The van der Waals surface area contributed by atoms with Crippen LogP contribution in [0.4, 0.5) is 0 Å². The molecule has 0 saturated carbocycles. The third kappa shape index (κ3) is 9.34. The van der Waals surface area contributed by atoms with E-state index >= 15 is 0 Å². The minimum Gasteiger partial charge on any atom is -0.480 e. The zero-order valence-corrected chi connectivity index (χ0v) is 17.0. The predicted octanol–water partition coefficient (Wildman–Crippen LogP) is -2.83. The summed E-state index contributed by atoms with van der Waals surface area (Å²) in [6.07, 6.45) is -1.90. The van der Waals surface area contributed by atoms with Crippen molar-refractivity contribution >= 4 is 29.6 Å². The average Bonchev–Trinajstić information content (AvgIpc) is 2.60. The normalized spacial score (nSPS) is 16.1. The van der Waals surface area contributed by atoms with Crippen molar-refractivity contribution in [2.45, 2.75) is 70.8 Å². The van der Waals surface area contributed by atoms with E-state index in [0.29, 0.717) is 0 Å². The third-order valence-electron chi connectivity index (χ3n) is 4.13. The highest BCUT2D eigenvalue weighted by Gasteiger charge is 2.31. The van der Waals surface area contributed by atoms with Crippen LogP contribution in [-0.2, 0) is 24.0 Å². The first-order valence-corrected chi connectivity index (χ1v) is 9.13.